The highest BCUT2D eigenvalue weighted by molar-refractivity contribution is 7.47. The van der Waals surface area contributed by atoms with Gasteiger partial charge in [-0.05, 0) is 77.0 Å². The van der Waals surface area contributed by atoms with E-state index in [1.54, 1.807) is 6.08 Å². The molecule has 0 aliphatic heterocycles. The summed E-state index contributed by atoms with van der Waals surface area (Å²) in [6.07, 6.45) is 55.6. The average molecular weight is 821 g/mol. The van der Waals surface area contributed by atoms with Gasteiger partial charge in [0.1, 0.15) is 0 Å². The van der Waals surface area contributed by atoms with E-state index in [9.17, 15) is 19.4 Å². The third-order valence-corrected chi connectivity index (χ3v) is 11.0. The Hall–Kier alpha value is -1.80. The van der Waals surface area contributed by atoms with Gasteiger partial charge < -0.3 is 21.1 Å². The highest BCUT2D eigenvalue weighted by atomic mass is 31.2. The Morgan fingerprint density at radius 1 is 0.579 bits per heavy atom. The first-order chi connectivity index (χ1) is 27.9. The Balaban J connectivity index is 4.27. The standard InChI is InChI=1S/C48H89N2O6P/c1-3-5-7-9-11-13-15-17-19-21-22-23-24-26-27-29-31-33-35-37-39-41-47(51)46(45-56-57(53,54)55-44-43-49)50-48(52)42-40-38-36-34-32-30-28-25-20-18-16-14-12-10-8-6-4-2/h12,14,18,20,24,26,31,33,39,41,46-47,51H,3-11,13,15-17,19,21-23,25,27-30,32,34-38,40,42-45,49H2,1-2H3,(H,50,52)(H,53,54)/b14-12-,20-18-,26-24+,33-31+,41-39+. The second-order valence-corrected chi connectivity index (χ2v) is 17.0. The Morgan fingerprint density at radius 2 is 0.982 bits per heavy atom. The zero-order valence-corrected chi connectivity index (χ0v) is 37.7. The van der Waals surface area contributed by atoms with Gasteiger partial charge in [-0.15, -0.1) is 0 Å². The van der Waals surface area contributed by atoms with Crippen LogP contribution in [0, 0.1) is 0 Å². The summed E-state index contributed by atoms with van der Waals surface area (Å²) in [5.74, 6) is -0.218. The molecule has 1 amide bonds. The number of allylic oxidation sites excluding steroid dienone is 9. The maximum atomic E-state index is 12.8. The van der Waals surface area contributed by atoms with Crippen LogP contribution in [0.3, 0.4) is 0 Å². The molecule has 57 heavy (non-hydrogen) atoms. The Kier molecular flexibility index (Phi) is 42.4. The van der Waals surface area contributed by atoms with Crippen molar-refractivity contribution in [2.24, 2.45) is 5.73 Å². The summed E-state index contributed by atoms with van der Waals surface area (Å²) in [6, 6.07) is -0.890. The lowest BCUT2D eigenvalue weighted by molar-refractivity contribution is -0.123. The summed E-state index contributed by atoms with van der Waals surface area (Å²) < 4.78 is 22.1. The van der Waals surface area contributed by atoms with Crippen LogP contribution in [-0.2, 0) is 18.4 Å². The number of hydrogen-bond acceptors (Lipinski definition) is 6. The maximum absolute atomic E-state index is 12.8. The summed E-state index contributed by atoms with van der Waals surface area (Å²) >= 11 is 0. The second kappa shape index (κ2) is 43.8. The Labute approximate surface area is 351 Å². The maximum Gasteiger partial charge on any atom is 0.472 e. The van der Waals surface area contributed by atoms with E-state index < -0.39 is 20.0 Å². The lowest BCUT2D eigenvalue weighted by Gasteiger charge is -2.23. The van der Waals surface area contributed by atoms with Crippen molar-refractivity contribution in [2.45, 2.75) is 219 Å². The van der Waals surface area contributed by atoms with E-state index in [-0.39, 0.29) is 25.7 Å². The third kappa shape index (κ3) is 42.1. The zero-order chi connectivity index (χ0) is 41.8. The molecule has 0 spiro atoms. The largest absolute Gasteiger partial charge is 0.472 e. The fourth-order valence-corrected chi connectivity index (χ4v) is 7.25. The van der Waals surface area contributed by atoms with Gasteiger partial charge in [-0.25, -0.2) is 4.57 Å². The van der Waals surface area contributed by atoms with Crippen LogP contribution in [0.5, 0.6) is 0 Å². The summed E-state index contributed by atoms with van der Waals surface area (Å²) in [7, 11) is -4.36. The van der Waals surface area contributed by atoms with Gasteiger partial charge in [-0.1, -0.05) is 184 Å². The first-order valence-electron chi connectivity index (χ1n) is 23.4. The first-order valence-corrected chi connectivity index (χ1v) is 24.9. The molecule has 3 atom stereocenters. The van der Waals surface area contributed by atoms with Crippen molar-refractivity contribution >= 4 is 13.7 Å². The van der Waals surface area contributed by atoms with Crippen LogP contribution in [0.4, 0.5) is 0 Å². The van der Waals surface area contributed by atoms with Gasteiger partial charge in [-0.3, -0.25) is 13.8 Å². The van der Waals surface area contributed by atoms with E-state index >= 15 is 0 Å². The second-order valence-electron chi connectivity index (χ2n) is 15.6. The van der Waals surface area contributed by atoms with Crippen LogP contribution in [0.15, 0.2) is 60.8 Å². The summed E-state index contributed by atoms with van der Waals surface area (Å²) in [5, 5.41) is 13.7. The number of phosphoric ester groups is 1. The van der Waals surface area contributed by atoms with Crippen LogP contribution in [-0.4, -0.2) is 47.8 Å². The van der Waals surface area contributed by atoms with Gasteiger partial charge >= 0.3 is 7.82 Å². The molecule has 0 aromatic carbocycles. The van der Waals surface area contributed by atoms with Crippen molar-refractivity contribution in [3.63, 3.8) is 0 Å². The number of aliphatic hydroxyl groups is 1. The van der Waals surface area contributed by atoms with Crippen molar-refractivity contribution in [1.29, 1.82) is 0 Å². The third-order valence-electron chi connectivity index (χ3n) is 10.0. The number of carbonyl (C=O) groups is 1. The topological polar surface area (TPSA) is 131 Å². The van der Waals surface area contributed by atoms with E-state index in [0.29, 0.717) is 6.42 Å². The van der Waals surface area contributed by atoms with Crippen LogP contribution < -0.4 is 11.1 Å². The lowest BCUT2D eigenvalue weighted by Crippen LogP contribution is -2.45. The number of nitrogens with one attached hydrogen (secondary N) is 1. The Bertz CT molecular complexity index is 1080. The molecule has 0 aromatic rings. The van der Waals surface area contributed by atoms with Crippen molar-refractivity contribution in [1.82, 2.24) is 5.32 Å². The highest BCUT2D eigenvalue weighted by Gasteiger charge is 2.26. The lowest BCUT2D eigenvalue weighted by atomic mass is 10.1. The number of hydrogen-bond donors (Lipinski definition) is 4. The molecule has 0 bridgehead atoms. The Morgan fingerprint density at radius 3 is 1.49 bits per heavy atom. The molecule has 9 heteroatoms. The SMILES string of the molecule is CCCCC/C=C\C/C=C\CCCCCCCCCC(=O)NC(COP(=O)(O)OCCN)C(O)/C=C/CC/C=C/CC/C=C/CCCCCCCCCCCCC. The quantitative estimate of drug-likeness (QED) is 0.0274. The molecule has 0 radical (unpaired) electrons. The number of unbranched alkanes of at least 4 members (excludes halogenated alkanes) is 23. The number of amides is 1. The minimum atomic E-state index is -4.36. The van der Waals surface area contributed by atoms with E-state index in [4.69, 9.17) is 14.8 Å². The molecular formula is C48H89N2O6P. The normalized spacial score (nSPS) is 14.5. The van der Waals surface area contributed by atoms with Gasteiger partial charge in [0.15, 0.2) is 0 Å². The summed E-state index contributed by atoms with van der Waals surface area (Å²) in [5.41, 5.74) is 5.38. The fraction of sp³-hybridized carbons (Fsp3) is 0.771. The number of aliphatic hydroxyl groups excluding tert-OH is 1. The van der Waals surface area contributed by atoms with Crippen molar-refractivity contribution in [3.05, 3.63) is 60.8 Å². The molecule has 0 aliphatic carbocycles. The van der Waals surface area contributed by atoms with Gasteiger partial charge in [0.25, 0.3) is 0 Å². The van der Waals surface area contributed by atoms with Gasteiger partial charge in [0.2, 0.25) is 5.91 Å². The number of rotatable bonds is 43. The monoisotopic (exact) mass is 821 g/mol. The molecule has 0 fully saturated rings. The van der Waals surface area contributed by atoms with E-state index in [1.165, 1.54) is 122 Å². The molecule has 0 saturated carbocycles. The molecule has 0 aromatic heterocycles. The minimum absolute atomic E-state index is 0.0682. The highest BCUT2D eigenvalue weighted by Crippen LogP contribution is 2.43. The van der Waals surface area contributed by atoms with E-state index in [1.807, 2.05) is 6.08 Å². The van der Waals surface area contributed by atoms with E-state index in [0.717, 1.165) is 64.2 Å². The predicted molar refractivity (Wildman–Crippen MR) is 244 cm³/mol. The van der Waals surface area contributed by atoms with E-state index in [2.05, 4.69) is 67.8 Å². The van der Waals surface area contributed by atoms with Crippen LogP contribution >= 0.6 is 7.82 Å². The minimum Gasteiger partial charge on any atom is -0.387 e. The summed E-state index contributed by atoms with van der Waals surface area (Å²) in [6.45, 7) is 4.08. The fourth-order valence-electron chi connectivity index (χ4n) is 6.49. The molecule has 0 rings (SSSR count). The molecule has 3 unspecified atom stereocenters. The molecule has 0 saturated heterocycles. The van der Waals surface area contributed by atoms with Gasteiger partial charge in [0, 0.05) is 13.0 Å². The zero-order valence-electron chi connectivity index (χ0n) is 36.8. The van der Waals surface area contributed by atoms with Gasteiger partial charge in [0.05, 0.1) is 25.4 Å². The number of carbonyl (C=O) groups excluding carboxylic acids is 1. The smallest absolute Gasteiger partial charge is 0.387 e. The first kappa shape index (κ1) is 55.2. The van der Waals surface area contributed by atoms with Crippen LogP contribution in [0.25, 0.3) is 0 Å². The van der Waals surface area contributed by atoms with Gasteiger partial charge in [-0.2, -0.15) is 0 Å². The van der Waals surface area contributed by atoms with Crippen molar-refractivity contribution in [3.8, 4) is 0 Å². The predicted octanol–water partition coefficient (Wildman–Crippen LogP) is 13.4. The molecule has 8 nitrogen and oxygen atoms in total. The molecular weight excluding hydrogens is 732 g/mol. The number of phosphoric acid groups is 1. The van der Waals surface area contributed by atoms with Crippen molar-refractivity contribution < 1.29 is 28.4 Å². The average Bonchev–Trinajstić information content (AvgIpc) is 3.20. The molecule has 0 aliphatic rings. The number of nitrogens with two attached hydrogens (primary N) is 1. The molecule has 0 heterocycles. The van der Waals surface area contributed by atoms with Crippen LogP contribution in [0.2, 0.25) is 0 Å². The van der Waals surface area contributed by atoms with Crippen LogP contribution in [0.1, 0.15) is 206 Å². The summed E-state index contributed by atoms with van der Waals surface area (Å²) in [4.78, 5) is 22.7. The molecule has 5 N–H and O–H groups in total. The van der Waals surface area contributed by atoms with Crippen molar-refractivity contribution in [2.75, 3.05) is 19.8 Å². The molecule has 332 valence electrons.